The molecule has 0 aromatic carbocycles. The van der Waals surface area contributed by atoms with Gasteiger partial charge in [0, 0.05) is 0 Å². The molecule has 1 rings (SSSR count). The van der Waals surface area contributed by atoms with Crippen LogP contribution in [0.3, 0.4) is 0 Å². The number of rotatable bonds is 0. The quantitative estimate of drug-likeness (QED) is 0.489. The van der Waals surface area contributed by atoms with E-state index in [-0.39, 0.29) is 12.8 Å². The summed E-state index contributed by atoms with van der Waals surface area (Å²) in [5.74, 6) is -0.860. The minimum Gasteiger partial charge on any atom is -0.293 e. The zero-order chi connectivity index (χ0) is 6.85. The molecule has 0 aromatic rings. The first-order chi connectivity index (χ1) is 4.22. The number of halogens is 2. The van der Waals surface area contributed by atoms with Crippen molar-refractivity contribution < 1.29 is 13.6 Å². The summed E-state index contributed by atoms with van der Waals surface area (Å²) in [7, 11) is 0. The molecule has 0 heterocycles. The van der Waals surface area contributed by atoms with E-state index in [4.69, 9.17) is 0 Å². The van der Waals surface area contributed by atoms with E-state index in [9.17, 15) is 13.6 Å². The predicted octanol–water partition coefficient (Wildman–Crippen LogP) is 1.42. The van der Waals surface area contributed by atoms with Crippen molar-refractivity contribution in [3.05, 3.63) is 0 Å². The van der Waals surface area contributed by atoms with E-state index in [1.807, 2.05) is 0 Å². The number of alkyl halides is 2. The predicted molar refractivity (Wildman–Crippen MR) is 28.6 cm³/mol. The standard InChI is InChI=1S/C6H8F2O/c7-4-2-1-3-5(8)6(4)9/h4-5H,1-3H2. The number of Topliss-reactive ketones (excluding diaryl/α,β-unsaturated/α-hetero) is 1. The first kappa shape index (κ1) is 6.65. The minimum absolute atomic E-state index is 0.208. The summed E-state index contributed by atoms with van der Waals surface area (Å²) in [6.45, 7) is 0. The fraction of sp³-hybridized carbons (Fsp3) is 0.833. The molecule has 0 bridgehead atoms. The lowest BCUT2D eigenvalue weighted by Crippen LogP contribution is -2.30. The summed E-state index contributed by atoms with van der Waals surface area (Å²) in [6.07, 6.45) is -2.16. The van der Waals surface area contributed by atoms with Crippen molar-refractivity contribution >= 4 is 5.78 Å². The second-order valence-corrected chi connectivity index (χ2v) is 2.27. The number of hydrogen-bond acceptors (Lipinski definition) is 1. The summed E-state index contributed by atoms with van der Waals surface area (Å²) < 4.78 is 24.5. The maximum absolute atomic E-state index is 12.2. The van der Waals surface area contributed by atoms with Gasteiger partial charge in [-0.15, -0.1) is 0 Å². The van der Waals surface area contributed by atoms with Crippen molar-refractivity contribution in [2.45, 2.75) is 31.6 Å². The summed E-state index contributed by atoms with van der Waals surface area (Å²) in [5, 5.41) is 0. The third-order valence-corrected chi connectivity index (χ3v) is 1.53. The van der Waals surface area contributed by atoms with Crippen LogP contribution in [0.25, 0.3) is 0 Å². The fourth-order valence-electron chi connectivity index (χ4n) is 0.957. The Bertz CT molecular complexity index is 112. The normalized spacial score (nSPS) is 36.9. The van der Waals surface area contributed by atoms with Gasteiger partial charge in [-0.2, -0.15) is 0 Å². The Morgan fingerprint density at radius 1 is 1.22 bits per heavy atom. The molecule has 1 aliphatic carbocycles. The Labute approximate surface area is 52.1 Å². The van der Waals surface area contributed by atoms with Gasteiger partial charge >= 0.3 is 0 Å². The Kier molecular flexibility index (Phi) is 1.78. The van der Waals surface area contributed by atoms with E-state index in [1.165, 1.54) is 0 Å². The maximum Gasteiger partial charge on any atom is 0.200 e. The van der Waals surface area contributed by atoms with Crippen molar-refractivity contribution in [3.8, 4) is 0 Å². The van der Waals surface area contributed by atoms with Crippen LogP contribution in [0, 0.1) is 0 Å². The molecule has 0 radical (unpaired) electrons. The highest BCUT2D eigenvalue weighted by molar-refractivity contribution is 5.87. The molecule has 0 aromatic heterocycles. The average Bonchev–Trinajstić information content (AvgIpc) is 1.83. The largest absolute Gasteiger partial charge is 0.293 e. The zero-order valence-corrected chi connectivity index (χ0v) is 4.94. The van der Waals surface area contributed by atoms with Gasteiger partial charge in [-0.05, 0) is 19.3 Å². The van der Waals surface area contributed by atoms with E-state index in [0.29, 0.717) is 6.42 Å². The van der Waals surface area contributed by atoms with E-state index < -0.39 is 18.1 Å². The number of carbonyl (C=O) groups is 1. The summed E-state index contributed by atoms with van der Waals surface area (Å²) in [5.41, 5.74) is 0. The first-order valence-corrected chi connectivity index (χ1v) is 3.03. The first-order valence-electron chi connectivity index (χ1n) is 3.03. The van der Waals surface area contributed by atoms with Crippen molar-refractivity contribution in [2.75, 3.05) is 0 Å². The minimum atomic E-state index is -1.53. The van der Waals surface area contributed by atoms with Gasteiger partial charge in [0.25, 0.3) is 0 Å². The summed E-state index contributed by atoms with van der Waals surface area (Å²) in [6, 6.07) is 0. The summed E-state index contributed by atoms with van der Waals surface area (Å²) in [4.78, 5) is 10.4. The van der Waals surface area contributed by atoms with Crippen molar-refractivity contribution in [2.24, 2.45) is 0 Å². The zero-order valence-electron chi connectivity index (χ0n) is 4.94. The molecule has 2 unspecified atom stereocenters. The second-order valence-electron chi connectivity index (χ2n) is 2.27. The lowest BCUT2D eigenvalue weighted by Gasteiger charge is -2.15. The van der Waals surface area contributed by atoms with Gasteiger partial charge < -0.3 is 0 Å². The van der Waals surface area contributed by atoms with Gasteiger partial charge in [0.2, 0.25) is 5.78 Å². The van der Waals surface area contributed by atoms with Gasteiger partial charge in [0.05, 0.1) is 0 Å². The molecule has 52 valence electrons. The van der Waals surface area contributed by atoms with Gasteiger partial charge in [0.15, 0.2) is 12.3 Å². The molecule has 0 amide bonds. The Morgan fingerprint density at radius 2 is 1.67 bits per heavy atom. The van der Waals surface area contributed by atoms with Crippen LogP contribution < -0.4 is 0 Å². The fourth-order valence-corrected chi connectivity index (χ4v) is 0.957. The van der Waals surface area contributed by atoms with Crippen molar-refractivity contribution in [3.63, 3.8) is 0 Å². The van der Waals surface area contributed by atoms with Crippen molar-refractivity contribution in [1.82, 2.24) is 0 Å². The number of hydrogen-bond donors (Lipinski definition) is 0. The molecule has 0 saturated heterocycles. The van der Waals surface area contributed by atoms with Crippen LogP contribution in [0.5, 0.6) is 0 Å². The van der Waals surface area contributed by atoms with Gasteiger partial charge in [-0.3, -0.25) is 4.79 Å². The summed E-state index contributed by atoms with van der Waals surface area (Å²) >= 11 is 0. The molecular formula is C6H8F2O. The van der Waals surface area contributed by atoms with Crippen LogP contribution in [-0.2, 0) is 4.79 Å². The van der Waals surface area contributed by atoms with Gasteiger partial charge in [-0.25, -0.2) is 8.78 Å². The van der Waals surface area contributed by atoms with E-state index in [2.05, 4.69) is 0 Å². The van der Waals surface area contributed by atoms with Gasteiger partial charge in [0.1, 0.15) is 0 Å². The van der Waals surface area contributed by atoms with Gasteiger partial charge in [-0.1, -0.05) is 0 Å². The van der Waals surface area contributed by atoms with Crippen LogP contribution in [0.1, 0.15) is 19.3 Å². The van der Waals surface area contributed by atoms with Crippen LogP contribution >= 0.6 is 0 Å². The molecule has 3 heteroatoms. The molecule has 1 aliphatic rings. The molecule has 9 heavy (non-hydrogen) atoms. The molecule has 1 nitrogen and oxygen atoms in total. The molecule has 0 aliphatic heterocycles. The lowest BCUT2D eigenvalue weighted by atomic mass is 9.96. The van der Waals surface area contributed by atoms with Crippen LogP contribution in [0.15, 0.2) is 0 Å². The van der Waals surface area contributed by atoms with E-state index >= 15 is 0 Å². The smallest absolute Gasteiger partial charge is 0.200 e. The second kappa shape index (κ2) is 2.42. The molecular weight excluding hydrogens is 126 g/mol. The molecule has 1 fully saturated rings. The Balaban J connectivity index is 2.52. The highest BCUT2D eigenvalue weighted by atomic mass is 19.1. The Hall–Kier alpha value is -0.470. The average molecular weight is 134 g/mol. The molecule has 2 atom stereocenters. The van der Waals surface area contributed by atoms with Crippen LogP contribution in [0.4, 0.5) is 8.78 Å². The molecule has 1 saturated carbocycles. The maximum atomic E-state index is 12.2. The number of ketones is 1. The lowest BCUT2D eigenvalue weighted by molar-refractivity contribution is -0.131. The van der Waals surface area contributed by atoms with Crippen LogP contribution in [0.2, 0.25) is 0 Å². The molecule has 0 spiro atoms. The third-order valence-electron chi connectivity index (χ3n) is 1.53. The van der Waals surface area contributed by atoms with E-state index in [1.54, 1.807) is 0 Å². The third kappa shape index (κ3) is 1.26. The molecule has 0 N–H and O–H groups in total. The Morgan fingerprint density at radius 3 is 2.00 bits per heavy atom. The topological polar surface area (TPSA) is 17.1 Å². The van der Waals surface area contributed by atoms with Crippen LogP contribution in [-0.4, -0.2) is 18.1 Å². The highest BCUT2D eigenvalue weighted by Gasteiger charge is 2.30. The highest BCUT2D eigenvalue weighted by Crippen LogP contribution is 2.19. The van der Waals surface area contributed by atoms with Crippen molar-refractivity contribution in [1.29, 1.82) is 0 Å². The number of carbonyl (C=O) groups excluding carboxylic acids is 1. The monoisotopic (exact) mass is 134 g/mol. The van der Waals surface area contributed by atoms with E-state index in [0.717, 1.165) is 0 Å². The SMILES string of the molecule is O=C1C(F)CCCC1F.